The summed E-state index contributed by atoms with van der Waals surface area (Å²) >= 11 is 0. The number of nitrogens with one attached hydrogen (secondary N) is 1. The van der Waals surface area contributed by atoms with E-state index in [4.69, 9.17) is 0 Å². The van der Waals surface area contributed by atoms with E-state index in [-0.39, 0.29) is 12.1 Å². The van der Waals surface area contributed by atoms with Crippen molar-refractivity contribution in [3.63, 3.8) is 0 Å². The van der Waals surface area contributed by atoms with Crippen LogP contribution < -0.4 is 5.32 Å². The molecule has 19 heavy (non-hydrogen) atoms. The highest BCUT2D eigenvalue weighted by Crippen LogP contribution is 2.36. The van der Waals surface area contributed by atoms with Gasteiger partial charge >= 0.3 is 0 Å². The van der Waals surface area contributed by atoms with Crippen molar-refractivity contribution >= 4 is 0 Å². The lowest BCUT2D eigenvalue weighted by Crippen LogP contribution is -2.57. The van der Waals surface area contributed by atoms with Crippen molar-refractivity contribution in [3.05, 3.63) is 0 Å². The molecule has 0 radical (unpaired) electrons. The summed E-state index contributed by atoms with van der Waals surface area (Å²) in [6, 6.07) is 1.28. The molecule has 2 aliphatic carbocycles. The zero-order valence-electron chi connectivity index (χ0n) is 13.0. The first-order valence-electron chi connectivity index (χ1n) is 8.22. The van der Waals surface area contributed by atoms with E-state index in [1.807, 2.05) is 0 Å². The number of likely N-dealkylation sites (N-methyl/N-ethyl adjacent to an activating group) is 1. The smallest absolute Gasteiger partial charge is 0.0613 e. The molecule has 2 saturated carbocycles. The molecule has 2 fully saturated rings. The van der Waals surface area contributed by atoms with Crippen LogP contribution >= 0.6 is 0 Å². The fourth-order valence-corrected chi connectivity index (χ4v) is 3.73. The fourth-order valence-electron chi connectivity index (χ4n) is 3.73. The lowest BCUT2D eigenvalue weighted by Gasteiger charge is -2.46. The molecule has 112 valence electrons. The Morgan fingerprint density at radius 3 is 2.58 bits per heavy atom. The zero-order chi connectivity index (χ0) is 13.9. The van der Waals surface area contributed by atoms with Crippen LogP contribution in [0.15, 0.2) is 0 Å². The van der Waals surface area contributed by atoms with Crippen molar-refractivity contribution in [1.82, 2.24) is 10.2 Å². The molecule has 2 N–H and O–H groups in total. The third kappa shape index (κ3) is 3.93. The Morgan fingerprint density at radius 2 is 2.05 bits per heavy atom. The Morgan fingerprint density at radius 1 is 1.32 bits per heavy atom. The average Bonchev–Trinajstić information content (AvgIpc) is 3.20. The lowest BCUT2D eigenvalue weighted by atomic mass is 9.78. The van der Waals surface area contributed by atoms with Crippen LogP contribution in [-0.4, -0.2) is 47.3 Å². The van der Waals surface area contributed by atoms with Crippen molar-refractivity contribution in [3.8, 4) is 0 Å². The topological polar surface area (TPSA) is 35.5 Å². The molecule has 0 amide bonds. The molecule has 2 unspecified atom stereocenters. The van der Waals surface area contributed by atoms with Crippen LogP contribution in [0.4, 0.5) is 0 Å². The predicted octanol–water partition coefficient (Wildman–Crippen LogP) is 2.39. The lowest BCUT2D eigenvalue weighted by molar-refractivity contribution is 0.0436. The normalized spacial score (nSPS) is 32.2. The van der Waals surface area contributed by atoms with Crippen LogP contribution in [0.25, 0.3) is 0 Å². The van der Waals surface area contributed by atoms with E-state index >= 15 is 0 Å². The summed E-state index contributed by atoms with van der Waals surface area (Å²) in [5.41, 5.74) is -0.0195. The third-order valence-electron chi connectivity index (χ3n) is 4.97. The van der Waals surface area contributed by atoms with Crippen LogP contribution in [0.1, 0.15) is 59.3 Å². The van der Waals surface area contributed by atoms with E-state index in [0.717, 1.165) is 25.3 Å². The van der Waals surface area contributed by atoms with Gasteiger partial charge in [0.05, 0.1) is 6.61 Å². The van der Waals surface area contributed by atoms with Crippen LogP contribution in [0.5, 0.6) is 0 Å². The van der Waals surface area contributed by atoms with Crippen molar-refractivity contribution < 1.29 is 5.11 Å². The molecule has 0 bridgehead atoms. The van der Waals surface area contributed by atoms with Gasteiger partial charge in [-0.15, -0.1) is 0 Å². The van der Waals surface area contributed by atoms with Gasteiger partial charge in [0.1, 0.15) is 0 Å². The largest absolute Gasteiger partial charge is 0.394 e. The van der Waals surface area contributed by atoms with E-state index in [0.29, 0.717) is 12.1 Å². The highest BCUT2D eigenvalue weighted by atomic mass is 16.3. The molecule has 0 aromatic rings. The standard InChI is InChI=1S/C16H32N2O/c1-4-17-16(12-19)9-5-6-15(10-16)18(13(2)3)11-14-7-8-14/h13-15,17,19H,4-12H2,1-3H3. The molecule has 0 saturated heterocycles. The molecule has 2 aliphatic rings. The summed E-state index contributed by atoms with van der Waals surface area (Å²) in [6.45, 7) is 9.31. The molecular weight excluding hydrogens is 236 g/mol. The zero-order valence-corrected chi connectivity index (χ0v) is 13.0. The molecular formula is C16H32N2O. The highest BCUT2D eigenvalue weighted by molar-refractivity contribution is 4.97. The molecule has 0 aliphatic heterocycles. The number of hydrogen-bond donors (Lipinski definition) is 2. The molecule has 3 nitrogen and oxygen atoms in total. The van der Waals surface area contributed by atoms with E-state index < -0.39 is 0 Å². The Hall–Kier alpha value is -0.120. The first kappa shape index (κ1) is 15.3. The van der Waals surface area contributed by atoms with E-state index in [1.165, 1.54) is 32.2 Å². The third-order valence-corrected chi connectivity index (χ3v) is 4.97. The van der Waals surface area contributed by atoms with Gasteiger partial charge in [-0.1, -0.05) is 6.92 Å². The maximum atomic E-state index is 9.82. The monoisotopic (exact) mass is 268 g/mol. The Bertz CT molecular complexity index is 274. The number of aliphatic hydroxyl groups excluding tert-OH is 1. The number of hydrogen-bond acceptors (Lipinski definition) is 3. The van der Waals surface area contributed by atoms with E-state index in [1.54, 1.807) is 0 Å². The number of rotatable bonds is 7. The summed E-state index contributed by atoms with van der Waals surface area (Å²) in [7, 11) is 0. The minimum atomic E-state index is -0.0195. The van der Waals surface area contributed by atoms with Gasteiger partial charge in [-0.05, 0) is 64.8 Å². The van der Waals surface area contributed by atoms with Gasteiger partial charge in [-0.25, -0.2) is 0 Å². The maximum absolute atomic E-state index is 9.82. The number of nitrogens with zero attached hydrogens (tertiary/aromatic N) is 1. The Balaban J connectivity index is 2.00. The summed E-state index contributed by atoms with van der Waals surface area (Å²) < 4.78 is 0. The van der Waals surface area contributed by atoms with Crippen molar-refractivity contribution in [2.75, 3.05) is 19.7 Å². The first-order valence-corrected chi connectivity index (χ1v) is 8.22. The molecule has 0 aromatic heterocycles. The Labute approximate surface area is 118 Å². The van der Waals surface area contributed by atoms with Gasteiger partial charge in [0.25, 0.3) is 0 Å². The first-order chi connectivity index (χ1) is 9.10. The Kier molecular flexibility index (Phi) is 5.27. The average molecular weight is 268 g/mol. The highest BCUT2D eigenvalue weighted by Gasteiger charge is 2.39. The van der Waals surface area contributed by atoms with Gasteiger partial charge in [0.2, 0.25) is 0 Å². The fraction of sp³-hybridized carbons (Fsp3) is 1.00. The second-order valence-corrected chi connectivity index (χ2v) is 6.95. The van der Waals surface area contributed by atoms with Gasteiger partial charge in [0.15, 0.2) is 0 Å². The molecule has 0 heterocycles. The molecule has 3 heteroatoms. The van der Waals surface area contributed by atoms with Crippen molar-refractivity contribution in [2.45, 2.75) is 76.9 Å². The van der Waals surface area contributed by atoms with E-state index in [9.17, 15) is 5.11 Å². The van der Waals surface area contributed by atoms with Crippen molar-refractivity contribution in [2.24, 2.45) is 5.92 Å². The van der Waals surface area contributed by atoms with Crippen LogP contribution in [0.3, 0.4) is 0 Å². The molecule has 0 spiro atoms. The van der Waals surface area contributed by atoms with Gasteiger partial charge in [-0.2, -0.15) is 0 Å². The van der Waals surface area contributed by atoms with Crippen LogP contribution in [0, 0.1) is 5.92 Å². The second-order valence-electron chi connectivity index (χ2n) is 6.95. The second kappa shape index (κ2) is 6.55. The van der Waals surface area contributed by atoms with Gasteiger partial charge in [0, 0.05) is 24.2 Å². The van der Waals surface area contributed by atoms with Gasteiger partial charge in [-0.3, -0.25) is 4.90 Å². The quantitative estimate of drug-likeness (QED) is 0.744. The SMILES string of the molecule is CCNC1(CO)CCCC(N(CC2CC2)C(C)C)C1. The summed E-state index contributed by atoms with van der Waals surface area (Å²) in [5, 5.41) is 13.4. The van der Waals surface area contributed by atoms with Gasteiger partial charge < -0.3 is 10.4 Å². The number of aliphatic hydroxyl groups is 1. The van der Waals surface area contributed by atoms with E-state index in [2.05, 4.69) is 31.0 Å². The summed E-state index contributed by atoms with van der Waals surface area (Å²) in [4.78, 5) is 2.71. The summed E-state index contributed by atoms with van der Waals surface area (Å²) in [6.07, 6.45) is 7.64. The van der Waals surface area contributed by atoms with Crippen molar-refractivity contribution in [1.29, 1.82) is 0 Å². The minimum Gasteiger partial charge on any atom is -0.394 e. The maximum Gasteiger partial charge on any atom is 0.0613 e. The minimum absolute atomic E-state index is 0.0195. The predicted molar refractivity (Wildman–Crippen MR) is 80.3 cm³/mol. The van der Waals surface area contributed by atoms with Crippen LogP contribution in [-0.2, 0) is 0 Å². The summed E-state index contributed by atoms with van der Waals surface area (Å²) in [5.74, 6) is 0.951. The molecule has 0 aromatic carbocycles. The van der Waals surface area contributed by atoms with Crippen LogP contribution in [0.2, 0.25) is 0 Å². The molecule has 2 rings (SSSR count). The molecule has 2 atom stereocenters.